The smallest absolute Gasteiger partial charge is 0.271 e. The minimum atomic E-state index is -0.305. The number of carbonyl (C=O) groups excluding carboxylic acids is 1. The number of nitrogens with zero attached hydrogens (tertiary/aromatic N) is 3. The van der Waals surface area contributed by atoms with Crippen LogP contribution in [0.2, 0.25) is 0 Å². The van der Waals surface area contributed by atoms with Gasteiger partial charge in [-0.25, -0.2) is 0 Å². The number of amides is 1. The zero-order valence-corrected chi connectivity index (χ0v) is 13.4. The van der Waals surface area contributed by atoms with Gasteiger partial charge in [-0.05, 0) is 31.0 Å². The van der Waals surface area contributed by atoms with Gasteiger partial charge in [-0.2, -0.15) is 5.10 Å². The molecule has 0 aliphatic carbocycles. The summed E-state index contributed by atoms with van der Waals surface area (Å²) in [6.07, 6.45) is 7.69. The van der Waals surface area contributed by atoms with Gasteiger partial charge in [0.25, 0.3) is 5.91 Å². The van der Waals surface area contributed by atoms with Gasteiger partial charge in [0.1, 0.15) is 17.5 Å². The van der Waals surface area contributed by atoms with Crippen LogP contribution in [-0.2, 0) is 4.74 Å². The molecule has 0 radical (unpaired) electrons. The van der Waals surface area contributed by atoms with Crippen LogP contribution in [0.25, 0.3) is 0 Å². The molecule has 2 saturated heterocycles. The lowest BCUT2D eigenvalue weighted by atomic mass is 9.89. The molecule has 2 aromatic rings. The van der Waals surface area contributed by atoms with E-state index >= 15 is 0 Å². The molecule has 126 valence electrons. The Hall–Kier alpha value is -2.41. The molecule has 1 spiro atoms. The van der Waals surface area contributed by atoms with Gasteiger partial charge in [0.05, 0.1) is 24.9 Å². The number of piperidine rings is 1. The van der Waals surface area contributed by atoms with Gasteiger partial charge < -0.3 is 14.4 Å². The second kappa shape index (κ2) is 6.24. The van der Waals surface area contributed by atoms with Gasteiger partial charge >= 0.3 is 0 Å². The number of ether oxygens (including phenoxy) is 2. The molecule has 7 nitrogen and oxygen atoms in total. The lowest BCUT2D eigenvalue weighted by Gasteiger charge is -2.39. The standard InChI is InChI=1S/C17H20N4O3/c22-16(15-4-7-19-20-15)21-8-2-5-17(12-21)9-14(11-23-17)24-13-3-1-6-18-10-13/h1,3-4,6-7,10,14H,2,5,8-9,11-12H2,(H,19,20). The highest BCUT2D eigenvalue weighted by Gasteiger charge is 2.45. The predicted octanol–water partition coefficient (Wildman–Crippen LogP) is 1.65. The number of H-pyrrole nitrogens is 1. The first-order chi connectivity index (χ1) is 11.7. The molecule has 1 N–H and O–H groups in total. The largest absolute Gasteiger partial charge is 0.486 e. The van der Waals surface area contributed by atoms with Crippen LogP contribution in [0.4, 0.5) is 0 Å². The van der Waals surface area contributed by atoms with Crippen LogP contribution in [-0.4, -0.2) is 57.4 Å². The third-order valence-electron chi connectivity index (χ3n) is 4.67. The lowest BCUT2D eigenvalue weighted by molar-refractivity contribution is -0.0454. The fraction of sp³-hybridized carbons (Fsp3) is 0.471. The molecule has 2 atom stereocenters. The molecule has 1 amide bonds. The average Bonchev–Trinajstić information content (AvgIpc) is 3.26. The molecule has 7 heteroatoms. The van der Waals surface area contributed by atoms with Crippen molar-refractivity contribution in [2.24, 2.45) is 0 Å². The maximum absolute atomic E-state index is 12.5. The van der Waals surface area contributed by atoms with Crippen molar-refractivity contribution >= 4 is 5.91 Å². The van der Waals surface area contributed by atoms with E-state index in [1.807, 2.05) is 17.0 Å². The number of hydrogen-bond donors (Lipinski definition) is 1. The summed E-state index contributed by atoms with van der Waals surface area (Å²) in [6, 6.07) is 5.45. The number of likely N-dealkylation sites (tertiary alicyclic amines) is 1. The monoisotopic (exact) mass is 328 g/mol. The van der Waals surface area contributed by atoms with E-state index in [2.05, 4.69) is 15.2 Å². The van der Waals surface area contributed by atoms with E-state index in [0.717, 1.165) is 31.6 Å². The van der Waals surface area contributed by atoms with Crippen LogP contribution in [0, 0.1) is 0 Å². The first kappa shape index (κ1) is 15.1. The Morgan fingerprint density at radius 2 is 2.38 bits per heavy atom. The van der Waals surface area contributed by atoms with Crippen molar-refractivity contribution in [3.63, 3.8) is 0 Å². The predicted molar refractivity (Wildman–Crippen MR) is 85.7 cm³/mol. The first-order valence-electron chi connectivity index (χ1n) is 8.23. The molecule has 2 aliphatic rings. The van der Waals surface area contributed by atoms with Gasteiger partial charge in [0.15, 0.2) is 0 Å². The Balaban J connectivity index is 1.41. The van der Waals surface area contributed by atoms with Crippen molar-refractivity contribution in [3.05, 3.63) is 42.5 Å². The molecule has 2 fully saturated rings. The minimum Gasteiger partial charge on any atom is -0.486 e. The number of aromatic amines is 1. The molecular formula is C17H20N4O3. The molecule has 2 unspecified atom stereocenters. The fourth-order valence-corrected chi connectivity index (χ4v) is 3.59. The number of rotatable bonds is 3. The van der Waals surface area contributed by atoms with Crippen LogP contribution in [0.3, 0.4) is 0 Å². The maximum Gasteiger partial charge on any atom is 0.271 e. The SMILES string of the molecule is O=C(c1ccn[nH]1)N1CCCC2(CC(Oc3cccnc3)CO2)C1. The summed E-state index contributed by atoms with van der Waals surface area (Å²) in [6.45, 7) is 1.88. The van der Waals surface area contributed by atoms with E-state index in [-0.39, 0.29) is 17.6 Å². The Kier molecular flexibility index (Phi) is 3.93. The van der Waals surface area contributed by atoms with Gasteiger partial charge in [-0.3, -0.25) is 14.9 Å². The number of hydrogen-bond acceptors (Lipinski definition) is 5. The van der Waals surface area contributed by atoms with Crippen molar-refractivity contribution < 1.29 is 14.3 Å². The summed E-state index contributed by atoms with van der Waals surface area (Å²) in [5.74, 6) is 0.733. The van der Waals surface area contributed by atoms with Crippen molar-refractivity contribution in [3.8, 4) is 5.75 Å². The van der Waals surface area contributed by atoms with Crippen molar-refractivity contribution in [1.82, 2.24) is 20.1 Å². The summed E-state index contributed by atoms with van der Waals surface area (Å²) in [4.78, 5) is 18.5. The lowest BCUT2D eigenvalue weighted by Crippen LogP contribution is -2.50. The highest BCUT2D eigenvalue weighted by molar-refractivity contribution is 5.92. The maximum atomic E-state index is 12.5. The van der Waals surface area contributed by atoms with E-state index in [9.17, 15) is 4.79 Å². The number of aromatic nitrogens is 3. The van der Waals surface area contributed by atoms with Crippen LogP contribution >= 0.6 is 0 Å². The molecule has 0 aromatic carbocycles. The van der Waals surface area contributed by atoms with E-state index in [1.165, 1.54) is 0 Å². The Labute approximate surface area is 140 Å². The molecule has 4 rings (SSSR count). The third kappa shape index (κ3) is 2.99. The van der Waals surface area contributed by atoms with Crippen LogP contribution in [0.1, 0.15) is 29.8 Å². The first-order valence-corrected chi connectivity index (χ1v) is 8.23. The van der Waals surface area contributed by atoms with Gasteiger partial charge in [-0.1, -0.05) is 0 Å². The van der Waals surface area contributed by atoms with Crippen molar-refractivity contribution in [2.75, 3.05) is 19.7 Å². The minimum absolute atomic E-state index is 0.00333. The van der Waals surface area contributed by atoms with Crippen molar-refractivity contribution in [2.45, 2.75) is 31.0 Å². The summed E-state index contributed by atoms with van der Waals surface area (Å²) in [7, 11) is 0. The Bertz CT molecular complexity index is 691. The molecule has 24 heavy (non-hydrogen) atoms. The van der Waals surface area contributed by atoms with E-state index in [1.54, 1.807) is 24.7 Å². The second-order valence-electron chi connectivity index (χ2n) is 6.43. The van der Waals surface area contributed by atoms with Crippen LogP contribution in [0.15, 0.2) is 36.8 Å². The van der Waals surface area contributed by atoms with Crippen LogP contribution in [0.5, 0.6) is 5.75 Å². The highest BCUT2D eigenvalue weighted by Crippen LogP contribution is 2.36. The number of nitrogens with one attached hydrogen (secondary N) is 1. The summed E-state index contributed by atoms with van der Waals surface area (Å²) in [5.41, 5.74) is 0.217. The molecule has 2 aliphatic heterocycles. The average molecular weight is 328 g/mol. The topological polar surface area (TPSA) is 80.3 Å². The van der Waals surface area contributed by atoms with E-state index in [4.69, 9.17) is 9.47 Å². The number of carbonyl (C=O) groups is 1. The summed E-state index contributed by atoms with van der Waals surface area (Å²) in [5, 5.41) is 6.60. The normalized spacial score (nSPS) is 26.7. The summed E-state index contributed by atoms with van der Waals surface area (Å²) >= 11 is 0. The molecule has 2 aromatic heterocycles. The van der Waals surface area contributed by atoms with Gasteiger partial charge in [0, 0.05) is 25.4 Å². The summed E-state index contributed by atoms with van der Waals surface area (Å²) < 4.78 is 12.1. The molecule has 4 heterocycles. The van der Waals surface area contributed by atoms with Crippen LogP contribution < -0.4 is 4.74 Å². The van der Waals surface area contributed by atoms with E-state index in [0.29, 0.717) is 18.8 Å². The molecule has 0 saturated carbocycles. The zero-order valence-electron chi connectivity index (χ0n) is 13.4. The second-order valence-corrected chi connectivity index (χ2v) is 6.43. The zero-order chi connectivity index (χ0) is 16.4. The van der Waals surface area contributed by atoms with Crippen molar-refractivity contribution in [1.29, 1.82) is 0 Å². The molecular weight excluding hydrogens is 308 g/mol. The quantitative estimate of drug-likeness (QED) is 0.926. The third-order valence-corrected chi connectivity index (χ3v) is 4.67. The number of pyridine rings is 1. The highest BCUT2D eigenvalue weighted by atomic mass is 16.6. The Morgan fingerprint density at radius 1 is 1.42 bits per heavy atom. The Morgan fingerprint density at radius 3 is 3.17 bits per heavy atom. The fourth-order valence-electron chi connectivity index (χ4n) is 3.59. The van der Waals surface area contributed by atoms with Gasteiger partial charge in [-0.15, -0.1) is 0 Å². The van der Waals surface area contributed by atoms with E-state index < -0.39 is 0 Å². The molecule has 0 bridgehead atoms. The van der Waals surface area contributed by atoms with Gasteiger partial charge in [0.2, 0.25) is 0 Å².